The van der Waals surface area contributed by atoms with Crippen molar-refractivity contribution in [3.63, 3.8) is 0 Å². The van der Waals surface area contributed by atoms with E-state index in [1.54, 1.807) is 0 Å². The van der Waals surface area contributed by atoms with Gasteiger partial charge in [-0.05, 0) is 19.3 Å². The second-order valence-corrected chi connectivity index (χ2v) is 4.43. The Balaban J connectivity index is 1.83. The molecule has 14 heavy (non-hydrogen) atoms. The van der Waals surface area contributed by atoms with E-state index < -0.39 is 0 Å². The summed E-state index contributed by atoms with van der Waals surface area (Å²) >= 11 is 1.39. The predicted molar refractivity (Wildman–Crippen MR) is 56.7 cm³/mol. The Hall–Kier alpha value is -0.680. The van der Waals surface area contributed by atoms with Crippen LogP contribution >= 0.6 is 11.5 Å². The molecule has 1 heterocycles. The summed E-state index contributed by atoms with van der Waals surface area (Å²) in [6.07, 6.45) is 2.94. The SMILES string of the molecule is CCC(O)CNc1nc(C2CC2)ns1. The number of hydrogen-bond acceptors (Lipinski definition) is 5. The molecule has 1 aliphatic rings. The molecule has 0 amide bonds. The fraction of sp³-hybridized carbons (Fsp3) is 0.778. The topological polar surface area (TPSA) is 58.0 Å². The van der Waals surface area contributed by atoms with Gasteiger partial charge in [-0.2, -0.15) is 4.37 Å². The first-order chi connectivity index (χ1) is 6.79. The molecule has 1 aromatic heterocycles. The Morgan fingerprint density at radius 1 is 1.64 bits per heavy atom. The van der Waals surface area contributed by atoms with Gasteiger partial charge in [0.15, 0.2) is 0 Å². The highest BCUT2D eigenvalue weighted by Crippen LogP contribution is 2.39. The van der Waals surface area contributed by atoms with Gasteiger partial charge in [0.05, 0.1) is 6.10 Å². The van der Waals surface area contributed by atoms with E-state index in [1.165, 1.54) is 24.4 Å². The Labute approximate surface area is 87.5 Å². The third-order valence-corrected chi connectivity index (χ3v) is 3.03. The molecule has 5 heteroatoms. The summed E-state index contributed by atoms with van der Waals surface area (Å²) in [5, 5.41) is 13.3. The summed E-state index contributed by atoms with van der Waals surface area (Å²) in [5.74, 6) is 1.58. The maximum Gasteiger partial charge on any atom is 0.202 e. The molecule has 0 saturated heterocycles. The number of nitrogens with one attached hydrogen (secondary N) is 1. The zero-order valence-electron chi connectivity index (χ0n) is 8.23. The second kappa shape index (κ2) is 4.23. The first-order valence-electron chi connectivity index (χ1n) is 5.05. The monoisotopic (exact) mass is 213 g/mol. The van der Waals surface area contributed by atoms with Crippen LogP contribution in [0, 0.1) is 0 Å². The van der Waals surface area contributed by atoms with Crippen molar-refractivity contribution >= 4 is 16.7 Å². The summed E-state index contributed by atoms with van der Waals surface area (Å²) in [6, 6.07) is 0. The highest BCUT2D eigenvalue weighted by molar-refractivity contribution is 7.09. The number of rotatable bonds is 5. The lowest BCUT2D eigenvalue weighted by Crippen LogP contribution is -2.17. The lowest BCUT2D eigenvalue weighted by molar-refractivity contribution is 0.183. The van der Waals surface area contributed by atoms with Crippen LogP contribution in [0.4, 0.5) is 5.13 Å². The van der Waals surface area contributed by atoms with E-state index in [-0.39, 0.29) is 6.10 Å². The largest absolute Gasteiger partial charge is 0.391 e. The van der Waals surface area contributed by atoms with E-state index in [1.807, 2.05) is 6.92 Å². The number of hydrogen-bond donors (Lipinski definition) is 2. The molecule has 1 aliphatic carbocycles. The summed E-state index contributed by atoms with van der Waals surface area (Å²) in [5.41, 5.74) is 0. The van der Waals surface area contributed by atoms with E-state index in [4.69, 9.17) is 0 Å². The number of aliphatic hydroxyl groups is 1. The van der Waals surface area contributed by atoms with Crippen molar-refractivity contribution in [3.8, 4) is 0 Å². The molecule has 78 valence electrons. The molecule has 2 rings (SSSR count). The van der Waals surface area contributed by atoms with E-state index in [2.05, 4.69) is 14.7 Å². The predicted octanol–water partition coefficient (Wildman–Crippen LogP) is 1.60. The average Bonchev–Trinajstić information content (AvgIpc) is 2.95. The molecule has 0 spiro atoms. The van der Waals surface area contributed by atoms with Gasteiger partial charge < -0.3 is 10.4 Å². The minimum Gasteiger partial charge on any atom is -0.391 e. The Morgan fingerprint density at radius 2 is 2.43 bits per heavy atom. The zero-order chi connectivity index (χ0) is 9.97. The smallest absolute Gasteiger partial charge is 0.202 e. The molecule has 1 unspecified atom stereocenters. The molecular formula is C9H15N3OS. The van der Waals surface area contributed by atoms with Crippen LogP contribution in [0.2, 0.25) is 0 Å². The van der Waals surface area contributed by atoms with Gasteiger partial charge in [0, 0.05) is 24.0 Å². The van der Waals surface area contributed by atoms with Crippen molar-refractivity contribution in [2.75, 3.05) is 11.9 Å². The van der Waals surface area contributed by atoms with Gasteiger partial charge >= 0.3 is 0 Å². The van der Waals surface area contributed by atoms with Crippen LogP contribution in [0.25, 0.3) is 0 Å². The molecule has 0 aromatic carbocycles. The maximum absolute atomic E-state index is 9.34. The van der Waals surface area contributed by atoms with Gasteiger partial charge in [-0.15, -0.1) is 0 Å². The van der Waals surface area contributed by atoms with Crippen molar-refractivity contribution in [2.45, 2.75) is 38.2 Å². The maximum atomic E-state index is 9.34. The van der Waals surface area contributed by atoms with Crippen LogP contribution in [-0.2, 0) is 0 Å². The fourth-order valence-electron chi connectivity index (χ4n) is 1.16. The van der Waals surface area contributed by atoms with Gasteiger partial charge in [-0.25, -0.2) is 4.98 Å². The first-order valence-corrected chi connectivity index (χ1v) is 5.82. The van der Waals surface area contributed by atoms with Crippen molar-refractivity contribution in [3.05, 3.63) is 5.82 Å². The molecule has 0 bridgehead atoms. The molecule has 1 saturated carbocycles. The van der Waals surface area contributed by atoms with Gasteiger partial charge in [-0.1, -0.05) is 6.92 Å². The lowest BCUT2D eigenvalue weighted by atomic mass is 10.3. The van der Waals surface area contributed by atoms with Crippen molar-refractivity contribution in [1.82, 2.24) is 9.36 Å². The highest BCUT2D eigenvalue weighted by Gasteiger charge is 2.27. The Kier molecular flexibility index (Phi) is 2.98. The van der Waals surface area contributed by atoms with Crippen LogP contribution in [0.1, 0.15) is 37.9 Å². The first kappa shape index (κ1) is 9.86. The standard InChI is InChI=1S/C9H15N3OS/c1-2-7(13)5-10-9-11-8(12-14-9)6-3-4-6/h6-7,13H,2-5H2,1H3,(H,10,11,12). The van der Waals surface area contributed by atoms with Gasteiger partial charge in [0.1, 0.15) is 5.82 Å². The molecule has 1 aromatic rings. The van der Waals surface area contributed by atoms with Crippen LogP contribution in [0.5, 0.6) is 0 Å². The van der Waals surface area contributed by atoms with Gasteiger partial charge in [0.25, 0.3) is 0 Å². The number of anilines is 1. The van der Waals surface area contributed by atoms with Crippen molar-refractivity contribution in [2.24, 2.45) is 0 Å². The third-order valence-electron chi connectivity index (χ3n) is 2.34. The van der Waals surface area contributed by atoms with Crippen molar-refractivity contribution < 1.29 is 5.11 Å². The summed E-state index contributed by atoms with van der Waals surface area (Å²) in [6.45, 7) is 2.53. The van der Waals surface area contributed by atoms with Crippen LogP contribution in [0.15, 0.2) is 0 Å². The molecule has 0 radical (unpaired) electrons. The summed E-state index contributed by atoms with van der Waals surface area (Å²) < 4.78 is 4.27. The molecule has 1 atom stereocenters. The van der Waals surface area contributed by atoms with Gasteiger partial charge in [-0.3, -0.25) is 0 Å². The minimum atomic E-state index is -0.289. The van der Waals surface area contributed by atoms with Crippen LogP contribution < -0.4 is 5.32 Å². The Morgan fingerprint density at radius 3 is 3.07 bits per heavy atom. The molecule has 2 N–H and O–H groups in total. The van der Waals surface area contributed by atoms with E-state index in [0.29, 0.717) is 12.5 Å². The van der Waals surface area contributed by atoms with E-state index in [0.717, 1.165) is 17.4 Å². The lowest BCUT2D eigenvalue weighted by Gasteiger charge is -2.06. The van der Waals surface area contributed by atoms with Crippen LogP contribution in [0.3, 0.4) is 0 Å². The minimum absolute atomic E-state index is 0.289. The number of nitrogens with zero attached hydrogens (tertiary/aromatic N) is 2. The third kappa shape index (κ3) is 2.42. The van der Waals surface area contributed by atoms with E-state index >= 15 is 0 Å². The number of aliphatic hydroxyl groups excluding tert-OH is 1. The summed E-state index contributed by atoms with van der Waals surface area (Å²) in [7, 11) is 0. The fourth-order valence-corrected chi connectivity index (χ4v) is 1.82. The highest BCUT2D eigenvalue weighted by atomic mass is 32.1. The normalized spacial score (nSPS) is 18.1. The molecule has 0 aliphatic heterocycles. The average molecular weight is 213 g/mol. The molecule has 4 nitrogen and oxygen atoms in total. The van der Waals surface area contributed by atoms with Crippen LogP contribution in [-0.4, -0.2) is 27.1 Å². The van der Waals surface area contributed by atoms with Gasteiger partial charge in [0.2, 0.25) is 5.13 Å². The zero-order valence-corrected chi connectivity index (χ0v) is 9.05. The van der Waals surface area contributed by atoms with E-state index in [9.17, 15) is 5.11 Å². The second-order valence-electron chi connectivity index (χ2n) is 3.67. The quantitative estimate of drug-likeness (QED) is 0.780. The molecular weight excluding hydrogens is 198 g/mol. The summed E-state index contributed by atoms with van der Waals surface area (Å²) in [4.78, 5) is 4.36. The number of aromatic nitrogens is 2. The Bertz CT molecular complexity index is 298. The van der Waals surface area contributed by atoms with Crippen molar-refractivity contribution in [1.29, 1.82) is 0 Å². The molecule has 1 fully saturated rings.